The van der Waals surface area contributed by atoms with Gasteiger partial charge in [0, 0.05) is 42.0 Å². The molecule has 1 aliphatic rings. The van der Waals surface area contributed by atoms with Gasteiger partial charge in [0.15, 0.2) is 0 Å². The standard InChI is InChI=1S/C19H18ClN3O3/c1-12(24)21-15-5-7-16(8-6-15)22-19(26)13-9-18(25)23(11-13)17-4-2-3-14(20)10-17/h2-8,10,13H,9,11H2,1H3,(H,21,24)(H,22,26)/t13-/m1/s1. The minimum atomic E-state index is -0.434. The third-order valence-electron chi connectivity index (χ3n) is 4.09. The maximum atomic E-state index is 12.5. The number of halogens is 1. The molecule has 26 heavy (non-hydrogen) atoms. The molecule has 3 amide bonds. The van der Waals surface area contributed by atoms with Crippen molar-refractivity contribution in [1.29, 1.82) is 0 Å². The van der Waals surface area contributed by atoms with E-state index in [0.29, 0.717) is 28.6 Å². The Balaban J connectivity index is 1.64. The third-order valence-corrected chi connectivity index (χ3v) is 4.32. The first kappa shape index (κ1) is 17.9. The fraction of sp³-hybridized carbons (Fsp3) is 0.211. The number of carbonyl (C=O) groups is 3. The van der Waals surface area contributed by atoms with Crippen LogP contribution in [0, 0.1) is 5.92 Å². The molecule has 1 aliphatic heterocycles. The Morgan fingerprint density at radius 2 is 1.73 bits per heavy atom. The second-order valence-corrected chi connectivity index (χ2v) is 6.57. The first-order chi connectivity index (χ1) is 12.4. The molecule has 0 bridgehead atoms. The Morgan fingerprint density at radius 3 is 2.35 bits per heavy atom. The van der Waals surface area contributed by atoms with E-state index in [2.05, 4.69) is 10.6 Å². The molecule has 0 spiro atoms. The zero-order chi connectivity index (χ0) is 18.7. The lowest BCUT2D eigenvalue weighted by Gasteiger charge is -2.17. The molecule has 2 aromatic rings. The number of nitrogens with zero attached hydrogens (tertiary/aromatic N) is 1. The number of anilines is 3. The largest absolute Gasteiger partial charge is 0.326 e. The van der Waals surface area contributed by atoms with E-state index in [-0.39, 0.29) is 24.1 Å². The SMILES string of the molecule is CC(=O)Nc1ccc(NC(=O)[C@@H]2CC(=O)N(c3cccc(Cl)c3)C2)cc1. The zero-order valence-corrected chi connectivity index (χ0v) is 14.9. The van der Waals surface area contributed by atoms with Crippen molar-refractivity contribution in [2.45, 2.75) is 13.3 Å². The van der Waals surface area contributed by atoms with Crippen LogP contribution >= 0.6 is 11.6 Å². The lowest BCUT2D eigenvalue weighted by molar-refractivity contribution is -0.122. The molecule has 1 saturated heterocycles. The van der Waals surface area contributed by atoms with Crippen LogP contribution in [0.15, 0.2) is 48.5 Å². The van der Waals surface area contributed by atoms with Crippen LogP contribution < -0.4 is 15.5 Å². The number of amides is 3. The average molecular weight is 372 g/mol. The number of carbonyl (C=O) groups excluding carboxylic acids is 3. The lowest BCUT2D eigenvalue weighted by Crippen LogP contribution is -2.28. The summed E-state index contributed by atoms with van der Waals surface area (Å²) in [6, 6.07) is 13.8. The molecule has 0 aromatic heterocycles. The van der Waals surface area contributed by atoms with Crippen LogP contribution in [0.2, 0.25) is 5.02 Å². The van der Waals surface area contributed by atoms with Gasteiger partial charge in [-0.3, -0.25) is 14.4 Å². The molecule has 6 nitrogen and oxygen atoms in total. The molecule has 1 fully saturated rings. The summed E-state index contributed by atoms with van der Waals surface area (Å²) in [7, 11) is 0. The van der Waals surface area contributed by atoms with Crippen molar-refractivity contribution in [1.82, 2.24) is 0 Å². The minimum absolute atomic E-state index is 0.103. The van der Waals surface area contributed by atoms with Gasteiger partial charge in [-0.05, 0) is 42.5 Å². The van der Waals surface area contributed by atoms with Crippen LogP contribution in [-0.2, 0) is 14.4 Å². The summed E-state index contributed by atoms with van der Waals surface area (Å²) in [5.41, 5.74) is 1.95. The molecule has 0 saturated carbocycles. The van der Waals surface area contributed by atoms with Gasteiger partial charge in [-0.15, -0.1) is 0 Å². The Morgan fingerprint density at radius 1 is 1.08 bits per heavy atom. The highest BCUT2D eigenvalue weighted by Gasteiger charge is 2.35. The second kappa shape index (κ2) is 7.58. The monoisotopic (exact) mass is 371 g/mol. The van der Waals surface area contributed by atoms with Crippen molar-refractivity contribution >= 4 is 46.4 Å². The first-order valence-electron chi connectivity index (χ1n) is 8.17. The Kier molecular flexibility index (Phi) is 5.23. The van der Waals surface area contributed by atoms with Gasteiger partial charge in [0.2, 0.25) is 17.7 Å². The van der Waals surface area contributed by atoms with Crippen LogP contribution in [-0.4, -0.2) is 24.3 Å². The number of hydrogen-bond donors (Lipinski definition) is 2. The summed E-state index contributed by atoms with van der Waals surface area (Å²) in [4.78, 5) is 37.3. The predicted octanol–water partition coefficient (Wildman–Crippen LogP) is 3.29. The van der Waals surface area contributed by atoms with Crippen molar-refractivity contribution in [3.05, 3.63) is 53.6 Å². The van der Waals surface area contributed by atoms with Crippen LogP contribution in [0.5, 0.6) is 0 Å². The molecule has 2 aromatic carbocycles. The molecular formula is C19H18ClN3O3. The second-order valence-electron chi connectivity index (χ2n) is 6.13. The van der Waals surface area contributed by atoms with Crippen molar-refractivity contribution in [2.75, 3.05) is 22.1 Å². The summed E-state index contributed by atoms with van der Waals surface area (Å²) in [6.07, 6.45) is 0.155. The van der Waals surface area contributed by atoms with Crippen molar-refractivity contribution in [2.24, 2.45) is 5.92 Å². The van der Waals surface area contributed by atoms with Crippen molar-refractivity contribution in [3.63, 3.8) is 0 Å². The van der Waals surface area contributed by atoms with Crippen LogP contribution in [0.3, 0.4) is 0 Å². The summed E-state index contributed by atoms with van der Waals surface area (Å²) < 4.78 is 0. The topological polar surface area (TPSA) is 78.5 Å². The van der Waals surface area contributed by atoms with E-state index in [1.807, 2.05) is 0 Å². The van der Waals surface area contributed by atoms with E-state index < -0.39 is 5.92 Å². The summed E-state index contributed by atoms with van der Waals surface area (Å²) >= 11 is 5.98. The van der Waals surface area contributed by atoms with Crippen LogP contribution in [0.4, 0.5) is 17.1 Å². The van der Waals surface area contributed by atoms with Crippen LogP contribution in [0.1, 0.15) is 13.3 Å². The molecule has 134 valence electrons. The first-order valence-corrected chi connectivity index (χ1v) is 8.54. The summed E-state index contributed by atoms with van der Waals surface area (Å²) in [5, 5.41) is 6.02. The quantitative estimate of drug-likeness (QED) is 0.865. The molecule has 1 atom stereocenters. The number of hydrogen-bond acceptors (Lipinski definition) is 3. The van der Waals surface area contributed by atoms with Gasteiger partial charge >= 0.3 is 0 Å². The third kappa shape index (κ3) is 4.21. The molecular weight excluding hydrogens is 354 g/mol. The van der Waals surface area contributed by atoms with E-state index in [1.54, 1.807) is 53.4 Å². The fourth-order valence-corrected chi connectivity index (χ4v) is 3.05. The van der Waals surface area contributed by atoms with Gasteiger partial charge in [-0.2, -0.15) is 0 Å². The van der Waals surface area contributed by atoms with E-state index in [4.69, 9.17) is 11.6 Å². The number of rotatable bonds is 4. The van der Waals surface area contributed by atoms with Crippen molar-refractivity contribution < 1.29 is 14.4 Å². The van der Waals surface area contributed by atoms with Crippen LogP contribution in [0.25, 0.3) is 0 Å². The molecule has 0 aliphatic carbocycles. The van der Waals surface area contributed by atoms with Gasteiger partial charge in [0.1, 0.15) is 0 Å². The van der Waals surface area contributed by atoms with Crippen molar-refractivity contribution in [3.8, 4) is 0 Å². The van der Waals surface area contributed by atoms with E-state index in [1.165, 1.54) is 6.92 Å². The Labute approximate surface area is 156 Å². The Bertz CT molecular complexity index is 851. The highest BCUT2D eigenvalue weighted by Crippen LogP contribution is 2.28. The molecule has 7 heteroatoms. The molecule has 2 N–H and O–H groups in total. The molecule has 3 rings (SSSR count). The molecule has 0 radical (unpaired) electrons. The maximum absolute atomic E-state index is 12.5. The summed E-state index contributed by atoms with van der Waals surface area (Å²) in [5.74, 6) is -0.910. The van der Waals surface area contributed by atoms with Gasteiger partial charge in [0.05, 0.1) is 5.92 Å². The highest BCUT2D eigenvalue weighted by atomic mass is 35.5. The van der Waals surface area contributed by atoms with E-state index in [9.17, 15) is 14.4 Å². The number of benzene rings is 2. The van der Waals surface area contributed by atoms with Gasteiger partial charge in [-0.1, -0.05) is 17.7 Å². The normalized spacial score (nSPS) is 16.5. The molecule has 0 unspecified atom stereocenters. The van der Waals surface area contributed by atoms with Gasteiger partial charge in [-0.25, -0.2) is 0 Å². The highest BCUT2D eigenvalue weighted by molar-refractivity contribution is 6.31. The molecule has 1 heterocycles. The van der Waals surface area contributed by atoms with E-state index in [0.717, 1.165) is 0 Å². The minimum Gasteiger partial charge on any atom is -0.326 e. The summed E-state index contributed by atoms with van der Waals surface area (Å²) in [6.45, 7) is 1.74. The van der Waals surface area contributed by atoms with Gasteiger partial charge in [0.25, 0.3) is 0 Å². The predicted molar refractivity (Wildman–Crippen MR) is 101 cm³/mol. The fourth-order valence-electron chi connectivity index (χ4n) is 2.86. The number of nitrogens with one attached hydrogen (secondary N) is 2. The van der Waals surface area contributed by atoms with E-state index >= 15 is 0 Å². The maximum Gasteiger partial charge on any atom is 0.229 e. The Hall–Kier alpha value is -2.86. The zero-order valence-electron chi connectivity index (χ0n) is 14.2. The average Bonchev–Trinajstić information content (AvgIpc) is 2.98. The lowest BCUT2D eigenvalue weighted by atomic mass is 10.1. The smallest absolute Gasteiger partial charge is 0.229 e. The van der Waals surface area contributed by atoms with Gasteiger partial charge < -0.3 is 15.5 Å².